The predicted molar refractivity (Wildman–Crippen MR) is 174 cm³/mol. The van der Waals surface area contributed by atoms with E-state index >= 15 is 0 Å². The summed E-state index contributed by atoms with van der Waals surface area (Å²) in [5.74, 6) is 0. The Hall–Kier alpha value is -4.98. The van der Waals surface area contributed by atoms with Crippen molar-refractivity contribution in [1.82, 2.24) is 0 Å². The van der Waals surface area contributed by atoms with Crippen LogP contribution in [-0.4, -0.2) is 6.30 Å². The molecule has 194 valence electrons. The minimum absolute atomic E-state index is 0.860. The average molecular weight is 547 g/mol. The topological polar surface area (TPSA) is 39.4 Å². The van der Waals surface area contributed by atoms with Crippen LogP contribution >= 0.6 is 6.89 Å². The lowest BCUT2D eigenvalue weighted by atomic mass is 10.1. The van der Waals surface area contributed by atoms with Gasteiger partial charge in [0.15, 0.2) is 0 Å². The van der Waals surface area contributed by atoms with Gasteiger partial charge in [-0.2, -0.15) is 0 Å². The van der Waals surface area contributed by atoms with Crippen LogP contribution in [-0.2, 0) is 0 Å². The lowest BCUT2D eigenvalue weighted by Gasteiger charge is -2.26. The highest BCUT2D eigenvalue weighted by Gasteiger charge is 2.32. The summed E-state index contributed by atoms with van der Waals surface area (Å²) in [6.45, 7) is -2.66. The van der Waals surface area contributed by atoms with Crippen LogP contribution in [0.3, 0.4) is 0 Å². The van der Waals surface area contributed by atoms with Crippen molar-refractivity contribution in [2.24, 2.45) is 0 Å². The van der Waals surface area contributed by atoms with Crippen molar-refractivity contribution in [2.75, 3.05) is 0 Å². The first kappa shape index (κ1) is 22.8. The molecule has 0 saturated heterocycles. The summed E-state index contributed by atoms with van der Waals surface area (Å²) in [5, 5.41) is 9.73. The number of fused-ring (bicyclic) bond motifs is 9. The molecular weight excluding hydrogens is 523 g/mol. The number of hydrogen-bond donors (Lipinski definition) is 0. The van der Waals surface area contributed by atoms with Gasteiger partial charge in [-0.25, -0.2) is 0 Å². The zero-order valence-corrected chi connectivity index (χ0v) is 22.9. The maximum absolute atomic E-state index is 6.64. The highest BCUT2D eigenvalue weighted by molar-refractivity contribution is 7.94. The quantitative estimate of drug-likeness (QED) is 0.208. The Bertz CT molecular complexity index is 2240. The van der Waals surface area contributed by atoms with Crippen LogP contribution in [0.5, 0.6) is 0 Å². The molecule has 0 spiro atoms. The van der Waals surface area contributed by atoms with Gasteiger partial charge in [-0.3, -0.25) is 0 Å². The van der Waals surface area contributed by atoms with Gasteiger partial charge in [-0.15, -0.1) is 0 Å². The predicted octanol–water partition coefficient (Wildman–Crippen LogP) is 9.11. The summed E-state index contributed by atoms with van der Waals surface area (Å²) in [6.07, 6.45) is 5.17. The highest BCUT2D eigenvalue weighted by Crippen LogP contribution is 2.50. The second kappa shape index (κ2) is 8.27. The van der Waals surface area contributed by atoms with Crippen LogP contribution in [0.4, 0.5) is 0 Å². The van der Waals surface area contributed by atoms with Gasteiger partial charge in [0.2, 0.25) is 0 Å². The second-order valence-corrected chi connectivity index (χ2v) is 13.6. The Morgan fingerprint density at radius 2 is 0.634 bits per heavy atom. The van der Waals surface area contributed by atoms with Gasteiger partial charge in [0.05, 0.1) is 0 Å². The van der Waals surface area contributed by atoms with Gasteiger partial charge in [0, 0.05) is 48.2 Å². The van der Waals surface area contributed by atoms with E-state index in [1.54, 1.807) is 0 Å². The van der Waals surface area contributed by atoms with Crippen LogP contribution in [0.15, 0.2) is 141 Å². The molecule has 4 heteroatoms. The minimum atomic E-state index is -2.66. The van der Waals surface area contributed by atoms with Gasteiger partial charge >= 0.3 is 0 Å². The van der Waals surface area contributed by atoms with E-state index in [1.165, 1.54) is 0 Å². The Labute approximate surface area is 235 Å². The molecule has 0 unspecified atom stereocenters. The normalized spacial score (nSPS) is 12.5. The molecule has 3 aromatic heterocycles. The van der Waals surface area contributed by atoms with E-state index in [-0.39, 0.29) is 0 Å². The van der Waals surface area contributed by atoms with Gasteiger partial charge < -0.3 is 13.3 Å². The standard InChI is InChI=1S/C37H23O3P/c1-41(32-20-8-14-26-23-11-2-5-17-29(23)38-35(26)32,33-21-9-15-27-24-12-3-6-18-30(24)39-36(27)33)34-22-10-16-28-25-13-4-7-19-31(25)40-37(28)34/h2-22H,1H2. The van der Waals surface area contributed by atoms with Crippen molar-refractivity contribution in [1.29, 1.82) is 0 Å². The number of hydrogen-bond acceptors (Lipinski definition) is 3. The number of rotatable bonds is 3. The van der Waals surface area contributed by atoms with Crippen LogP contribution < -0.4 is 15.9 Å². The molecule has 0 radical (unpaired) electrons. The fourth-order valence-corrected chi connectivity index (χ4v) is 9.83. The third-order valence-electron chi connectivity index (χ3n) is 8.38. The molecule has 0 saturated carbocycles. The molecule has 0 bridgehead atoms. The van der Waals surface area contributed by atoms with Crippen LogP contribution in [0.25, 0.3) is 65.8 Å². The molecule has 0 N–H and O–H groups in total. The Balaban J connectivity index is 1.48. The third-order valence-corrected chi connectivity index (χ3v) is 11.9. The van der Waals surface area contributed by atoms with E-state index in [4.69, 9.17) is 19.6 Å². The summed E-state index contributed by atoms with van der Waals surface area (Å²) in [6, 6.07) is 44.0. The second-order valence-electron chi connectivity index (χ2n) is 10.6. The molecule has 3 heterocycles. The summed E-state index contributed by atoms with van der Waals surface area (Å²) < 4.78 is 19.9. The zero-order chi connectivity index (χ0) is 27.1. The fourth-order valence-electron chi connectivity index (χ4n) is 6.49. The Kier molecular flexibility index (Phi) is 4.60. The molecule has 41 heavy (non-hydrogen) atoms. The lowest BCUT2D eigenvalue weighted by molar-refractivity contribution is 0.671. The van der Waals surface area contributed by atoms with E-state index in [9.17, 15) is 0 Å². The average Bonchev–Trinajstić information content (AvgIpc) is 3.71. The minimum Gasteiger partial charge on any atom is -0.455 e. The maximum atomic E-state index is 6.64. The summed E-state index contributed by atoms with van der Waals surface area (Å²) in [7, 11) is 0. The molecule has 9 aromatic rings. The van der Waals surface area contributed by atoms with E-state index in [1.807, 2.05) is 36.4 Å². The monoisotopic (exact) mass is 546 g/mol. The van der Waals surface area contributed by atoms with E-state index in [2.05, 4.69) is 91.0 Å². The molecule has 0 atom stereocenters. The lowest BCUT2D eigenvalue weighted by Crippen LogP contribution is -2.26. The van der Waals surface area contributed by atoms with Crippen molar-refractivity contribution in [3.63, 3.8) is 0 Å². The molecule has 0 aliphatic rings. The number of furan rings is 3. The zero-order valence-electron chi connectivity index (χ0n) is 22.0. The van der Waals surface area contributed by atoms with Gasteiger partial charge in [0.25, 0.3) is 0 Å². The molecule has 0 aliphatic heterocycles. The fraction of sp³-hybridized carbons (Fsp3) is 0. The smallest absolute Gasteiger partial charge is 0.143 e. The maximum Gasteiger partial charge on any atom is 0.143 e. The van der Waals surface area contributed by atoms with Gasteiger partial charge in [-0.1, -0.05) is 115 Å². The van der Waals surface area contributed by atoms with Crippen LogP contribution in [0, 0.1) is 0 Å². The molecular formula is C37H23O3P. The van der Waals surface area contributed by atoms with Gasteiger partial charge in [-0.05, 0) is 25.1 Å². The first-order valence-electron chi connectivity index (χ1n) is 13.7. The molecule has 0 aliphatic carbocycles. The van der Waals surface area contributed by atoms with Crippen molar-refractivity contribution in [3.8, 4) is 0 Å². The first-order valence-corrected chi connectivity index (χ1v) is 15.6. The third kappa shape index (κ3) is 3.04. The first-order chi connectivity index (χ1) is 20.2. The summed E-state index contributed by atoms with van der Waals surface area (Å²) >= 11 is 0. The Morgan fingerprint density at radius 3 is 0.976 bits per heavy atom. The Morgan fingerprint density at radius 1 is 0.341 bits per heavy atom. The van der Waals surface area contributed by atoms with E-state index in [0.29, 0.717) is 0 Å². The van der Waals surface area contributed by atoms with Crippen molar-refractivity contribution in [3.05, 3.63) is 127 Å². The number of benzene rings is 6. The van der Waals surface area contributed by atoms with Crippen molar-refractivity contribution in [2.45, 2.75) is 0 Å². The molecule has 0 amide bonds. The van der Waals surface area contributed by atoms with Crippen molar-refractivity contribution >= 4 is 94.9 Å². The molecule has 0 fully saturated rings. The van der Waals surface area contributed by atoms with E-state index in [0.717, 1.165) is 81.7 Å². The number of para-hydroxylation sites is 6. The van der Waals surface area contributed by atoms with Crippen LogP contribution in [0.1, 0.15) is 0 Å². The molecule has 3 nitrogen and oxygen atoms in total. The molecule has 9 rings (SSSR count). The van der Waals surface area contributed by atoms with Crippen LogP contribution in [0.2, 0.25) is 0 Å². The summed E-state index contributed by atoms with van der Waals surface area (Å²) in [4.78, 5) is 0. The largest absolute Gasteiger partial charge is 0.455 e. The van der Waals surface area contributed by atoms with Gasteiger partial charge in [0.1, 0.15) is 33.5 Å². The molecule has 6 aromatic carbocycles. The van der Waals surface area contributed by atoms with E-state index < -0.39 is 6.89 Å². The highest BCUT2D eigenvalue weighted by atomic mass is 31.2. The summed E-state index contributed by atoms with van der Waals surface area (Å²) in [5.41, 5.74) is 5.18. The van der Waals surface area contributed by atoms with Crippen molar-refractivity contribution < 1.29 is 13.3 Å². The SMILES string of the molecule is C=P(c1cccc2c1oc1ccccc12)(c1cccc2c1oc1ccccc12)c1cccc2c1oc1ccccc12.